The van der Waals surface area contributed by atoms with Crippen molar-refractivity contribution in [1.29, 1.82) is 0 Å². The highest BCUT2D eigenvalue weighted by molar-refractivity contribution is 5.87. The predicted molar refractivity (Wildman–Crippen MR) is 84.6 cm³/mol. The van der Waals surface area contributed by atoms with E-state index in [1.165, 1.54) is 28.3 Å². The van der Waals surface area contributed by atoms with Crippen molar-refractivity contribution in [2.24, 2.45) is 5.92 Å². The van der Waals surface area contributed by atoms with Gasteiger partial charge >= 0.3 is 0 Å². The largest absolute Gasteiger partial charge is 0.310 e. The Balaban J connectivity index is 2.60. The fourth-order valence-electron chi connectivity index (χ4n) is 2.86. The number of rotatable bonds is 5. The summed E-state index contributed by atoms with van der Waals surface area (Å²) in [5.74, 6) is 0.643. The van der Waals surface area contributed by atoms with E-state index >= 15 is 0 Å². The lowest BCUT2D eigenvalue weighted by molar-refractivity contribution is 0.385. The van der Waals surface area contributed by atoms with Crippen molar-refractivity contribution >= 4 is 10.8 Å². The van der Waals surface area contributed by atoms with Gasteiger partial charge in [0.2, 0.25) is 0 Å². The normalized spacial score (nSPS) is 14.5. The molecule has 1 nitrogen and oxygen atoms in total. The minimum Gasteiger partial charge on any atom is -0.310 e. The van der Waals surface area contributed by atoms with Gasteiger partial charge in [0.15, 0.2) is 0 Å². The second kappa shape index (κ2) is 6.21. The fraction of sp³-hybridized carbons (Fsp3) is 0.444. The van der Waals surface area contributed by atoms with Gasteiger partial charge in [-0.1, -0.05) is 63.6 Å². The smallest absolute Gasteiger partial charge is 0.0354 e. The van der Waals surface area contributed by atoms with Gasteiger partial charge in [-0.25, -0.2) is 0 Å². The minimum absolute atomic E-state index is 0.445. The summed E-state index contributed by atoms with van der Waals surface area (Å²) in [5.41, 5.74) is 2.87. The Kier molecular flexibility index (Phi) is 4.60. The van der Waals surface area contributed by atoms with Crippen LogP contribution in [0.2, 0.25) is 0 Å². The molecule has 0 spiro atoms. The Morgan fingerprint density at radius 2 is 1.79 bits per heavy atom. The van der Waals surface area contributed by atoms with Crippen LogP contribution in [0.3, 0.4) is 0 Å². The van der Waals surface area contributed by atoms with E-state index in [0.717, 1.165) is 6.54 Å². The summed E-state index contributed by atoms with van der Waals surface area (Å²) < 4.78 is 0. The third kappa shape index (κ3) is 2.82. The Bertz CT molecular complexity index is 544. The van der Waals surface area contributed by atoms with Crippen LogP contribution in [0, 0.1) is 12.8 Å². The topological polar surface area (TPSA) is 12.0 Å². The van der Waals surface area contributed by atoms with Crippen LogP contribution in [0.15, 0.2) is 36.4 Å². The molecule has 0 fully saturated rings. The van der Waals surface area contributed by atoms with Crippen LogP contribution in [0.4, 0.5) is 0 Å². The van der Waals surface area contributed by atoms with Crippen LogP contribution in [0.25, 0.3) is 10.8 Å². The van der Waals surface area contributed by atoms with Gasteiger partial charge in [-0.15, -0.1) is 0 Å². The number of nitrogens with one attached hydrogen (secondary N) is 1. The SMILES string of the molecule is CCNC(c1c(C)ccc2ccccc12)C(C)CC. The molecule has 0 aliphatic rings. The zero-order valence-corrected chi connectivity index (χ0v) is 12.5. The summed E-state index contributed by atoms with van der Waals surface area (Å²) in [4.78, 5) is 0. The zero-order valence-electron chi connectivity index (χ0n) is 12.5. The van der Waals surface area contributed by atoms with E-state index in [-0.39, 0.29) is 0 Å². The second-order valence-electron chi connectivity index (χ2n) is 5.44. The standard InChI is InChI=1S/C18H25N/c1-5-13(3)18(19-6-2)17-14(4)11-12-15-9-7-8-10-16(15)17/h7-13,18-19H,5-6H2,1-4H3. The summed E-state index contributed by atoms with van der Waals surface area (Å²) in [5, 5.41) is 6.42. The van der Waals surface area contributed by atoms with Gasteiger partial charge in [-0.3, -0.25) is 0 Å². The Morgan fingerprint density at radius 1 is 1.05 bits per heavy atom. The van der Waals surface area contributed by atoms with Crippen LogP contribution in [0.1, 0.15) is 44.4 Å². The number of hydrogen-bond acceptors (Lipinski definition) is 1. The molecule has 0 aliphatic heterocycles. The summed E-state index contributed by atoms with van der Waals surface area (Å²) in [6.45, 7) is 10.0. The summed E-state index contributed by atoms with van der Waals surface area (Å²) >= 11 is 0. The molecule has 0 saturated carbocycles. The lowest BCUT2D eigenvalue weighted by Gasteiger charge is -2.27. The van der Waals surface area contributed by atoms with Crippen LogP contribution in [-0.2, 0) is 0 Å². The molecule has 1 N–H and O–H groups in total. The molecule has 2 unspecified atom stereocenters. The molecule has 2 aromatic rings. The molecular formula is C18H25N. The summed E-state index contributed by atoms with van der Waals surface area (Å²) in [7, 11) is 0. The highest BCUT2D eigenvalue weighted by Gasteiger charge is 2.20. The molecule has 2 aromatic carbocycles. The van der Waals surface area contributed by atoms with Crippen LogP contribution in [0.5, 0.6) is 0 Å². The highest BCUT2D eigenvalue weighted by atomic mass is 14.9. The maximum Gasteiger partial charge on any atom is 0.0354 e. The average Bonchev–Trinajstić information content (AvgIpc) is 2.44. The number of hydrogen-bond donors (Lipinski definition) is 1. The van der Waals surface area contributed by atoms with E-state index < -0.39 is 0 Å². The van der Waals surface area contributed by atoms with Gasteiger partial charge in [0, 0.05) is 6.04 Å². The quantitative estimate of drug-likeness (QED) is 0.805. The van der Waals surface area contributed by atoms with Crippen molar-refractivity contribution < 1.29 is 0 Å². The van der Waals surface area contributed by atoms with Gasteiger partial charge in [0.25, 0.3) is 0 Å². The molecule has 0 heterocycles. The first-order valence-electron chi connectivity index (χ1n) is 7.40. The predicted octanol–water partition coefficient (Wildman–Crippen LogP) is 4.84. The first-order valence-corrected chi connectivity index (χ1v) is 7.40. The first kappa shape index (κ1) is 14.1. The van der Waals surface area contributed by atoms with Gasteiger partial charge < -0.3 is 5.32 Å². The van der Waals surface area contributed by atoms with E-state index in [9.17, 15) is 0 Å². The molecule has 2 rings (SSSR count). The van der Waals surface area contributed by atoms with Crippen molar-refractivity contribution in [3.8, 4) is 0 Å². The van der Waals surface area contributed by atoms with Crippen molar-refractivity contribution in [3.63, 3.8) is 0 Å². The Labute approximate surface area is 117 Å². The van der Waals surface area contributed by atoms with E-state index in [1.54, 1.807) is 0 Å². The van der Waals surface area contributed by atoms with Gasteiger partial charge in [-0.2, -0.15) is 0 Å². The molecule has 0 bridgehead atoms. The summed E-state index contributed by atoms with van der Waals surface area (Å²) in [6, 6.07) is 13.7. The molecule has 0 radical (unpaired) electrons. The third-order valence-electron chi connectivity index (χ3n) is 4.14. The number of fused-ring (bicyclic) bond motifs is 1. The first-order chi connectivity index (χ1) is 9.19. The van der Waals surface area contributed by atoms with Crippen LogP contribution in [-0.4, -0.2) is 6.54 Å². The summed E-state index contributed by atoms with van der Waals surface area (Å²) in [6.07, 6.45) is 1.19. The molecule has 0 aromatic heterocycles. The Hall–Kier alpha value is -1.34. The fourth-order valence-corrected chi connectivity index (χ4v) is 2.86. The number of benzene rings is 2. The van der Waals surface area contributed by atoms with Crippen molar-refractivity contribution in [2.75, 3.05) is 6.54 Å². The van der Waals surface area contributed by atoms with E-state index in [1.807, 2.05) is 0 Å². The second-order valence-corrected chi connectivity index (χ2v) is 5.44. The van der Waals surface area contributed by atoms with Crippen molar-refractivity contribution in [2.45, 2.75) is 40.2 Å². The lowest BCUT2D eigenvalue weighted by Crippen LogP contribution is -2.27. The molecule has 0 saturated heterocycles. The molecule has 19 heavy (non-hydrogen) atoms. The molecule has 1 heteroatoms. The van der Waals surface area contributed by atoms with Gasteiger partial charge in [-0.05, 0) is 41.3 Å². The minimum atomic E-state index is 0.445. The maximum absolute atomic E-state index is 3.68. The highest BCUT2D eigenvalue weighted by Crippen LogP contribution is 2.33. The van der Waals surface area contributed by atoms with Crippen molar-refractivity contribution in [3.05, 3.63) is 47.5 Å². The zero-order chi connectivity index (χ0) is 13.8. The van der Waals surface area contributed by atoms with E-state index in [0.29, 0.717) is 12.0 Å². The molecular weight excluding hydrogens is 230 g/mol. The number of aryl methyl sites for hydroxylation is 1. The van der Waals surface area contributed by atoms with Crippen LogP contribution >= 0.6 is 0 Å². The van der Waals surface area contributed by atoms with E-state index in [4.69, 9.17) is 0 Å². The maximum atomic E-state index is 3.68. The van der Waals surface area contributed by atoms with E-state index in [2.05, 4.69) is 69.4 Å². The lowest BCUT2D eigenvalue weighted by atomic mass is 9.86. The Morgan fingerprint density at radius 3 is 2.47 bits per heavy atom. The molecule has 102 valence electrons. The molecule has 0 aliphatic carbocycles. The average molecular weight is 255 g/mol. The molecule has 0 amide bonds. The third-order valence-corrected chi connectivity index (χ3v) is 4.14. The monoisotopic (exact) mass is 255 g/mol. The van der Waals surface area contributed by atoms with Gasteiger partial charge in [0.1, 0.15) is 0 Å². The molecule has 2 atom stereocenters. The van der Waals surface area contributed by atoms with Gasteiger partial charge in [0.05, 0.1) is 0 Å². The van der Waals surface area contributed by atoms with Crippen molar-refractivity contribution in [1.82, 2.24) is 5.32 Å². The van der Waals surface area contributed by atoms with Crippen LogP contribution < -0.4 is 5.32 Å².